The lowest BCUT2D eigenvalue weighted by molar-refractivity contribution is -0.137. The van der Waals surface area contributed by atoms with Crippen LogP contribution in [0.4, 0.5) is 0 Å². The fourth-order valence-electron chi connectivity index (χ4n) is 3.44. The van der Waals surface area contributed by atoms with E-state index in [1.54, 1.807) is 0 Å². The Balaban J connectivity index is 1.53. The summed E-state index contributed by atoms with van der Waals surface area (Å²) in [5.74, 6) is 0.562. The molecule has 0 saturated carbocycles. The van der Waals surface area contributed by atoms with Gasteiger partial charge in [0.2, 0.25) is 0 Å². The summed E-state index contributed by atoms with van der Waals surface area (Å²) >= 11 is 0. The smallest absolute Gasteiger partial charge is 0.330 e. The van der Waals surface area contributed by atoms with Gasteiger partial charge in [-0.05, 0) is 72.9 Å². The zero-order chi connectivity index (χ0) is 19.6. The van der Waals surface area contributed by atoms with E-state index in [0.717, 1.165) is 37.9 Å². The molecule has 2 aromatic carbocycles. The van der Waals surface area contributed by atoms with Gasteiger partial charge >= 0.3 is 5.97 Å². The van der Waals surface area contributed by atoms with Crippen LogP contribution < -0.4 is 4.74 Å². The number of carbonyl (C=O) groups excluding carboxylic acids is 1. The number of hydrogen-bond acceptors (Lipinski definition) is 3. The molecule has 1 aliphatic carbocycles. The van der Waals surface area contributed by atoms with Crippen molar-refractivity contribution in [1.29, 1.82) is 0 Å². The normalized spacial score (nSPS) is 13.1. The number of rotatable bonds is 9. The molecule has 0 saturated heterocycles. The molecule has 0 aliphatic heterocycles. The van der Waals surface area contributed by atoms with E-state index >= 15 is 0 Å². The molecule has 0 spiro atoms. The van der Waals surface area contributed by atoms with Crippen molar-refractivity contribution in [2.24, 2.45) is 0 Å². The number of aryl methyl sites for hydroxylation is 1. The van der Waals surface area contributed by atoms with E-state index in [2.05, 4.69) is 61.2 Å². The summed E-state index contributed by atoms with van der Waals surface area (Å²) in [4.78, 5) is 11.0. The summed E-state index contributed by atoms with van der Waals surface area (Å²) < 4.78 is 10.9. The Labute approximate surface area is 167 Å². The van der Waals surface area contributed by atoms with Crippen LogP contribution in [-0.2, 0) is 16.0 Å². The zero-order valence-corrected chi connectivity index (χ0v) is 16.4. The first-order valence-electron chi connectivity index (χ1n) is 10.1. The second-order valence-electron chi connectivity index (χ2n) is 7.03. The van der Waals surface area contributed by atoms with Crippen LogP contribution in [0, 0.1) is 0 Å². The minimum atomic E-state index is -0.357. The third kappa shape index (κ3) is 5.85. The SMILES string of the molecule is C=CC(=O)OCCCCCOc1ccc2c(c1)C=C(c1ccccc1)CCC2. The number of ether oxygens (including phenoxy) is 2. The third-order valence-electron chi connectivity index (χ3n) is 4.95. The highest BCUT2D eigenvalue weighted by Gasteiger charge is 2.11. The van der Waals surface area contributed by atoms with Crippen LogP contribution in [-0.4, -0.2) is 19.2 Å². The fraction of sp³-hybridized carbons (Fsp3) is 0.320. The fourth-order valence-corrected chi connectivity index (χ4v) is 3.44. The molecule has 0 N–H and O–H groups in total. The van der Waals surface area contributed by atoms with Crippen molar-refractivity contribution in [2.45, 2.75) is 38.5 Å². The van der Waals surface area contributed by atoms with E-state index in [-0.39, 0.29) is 5.97 Å². The molecule has 0 unspecified atom stereocenters. The molecule has 0 radical (unpaired) electrons. The maximum atomic E-state index is 11.0. The minimum Gasteiger partial charge on any atom is -0.494 e. The van der Waals surface area contributed by atoms with E-state index < -0.39 is 0 Å². The molecular formula is C25H28O3. The molecule has 28 heavy (non-hydrogen) atoms. The van der Waals surface area contributed by atoms with Gasteiger partial charge in [0.15, 0.2) is 0 Å². The van der Waals surface area contributed by atoms with Gasteiger partial charge < -0.3 is 9.47 Å². The molecular weight excluding hydrogens is 348 g/mol. The minimum absolute atomic E-state index is 0.357. The molecule has 2 aromatic rings. The average Bonchev–Trinajstić information content (AvgIpc) is 2.95. The van der Waals surface area contributed by atoms with Crippen molar-refractivity contribution >= 4 is 17.6 Å². The monoisotopic (exact) mass is 376 g/mol. The van der Waals surface area contributed by atoms with Crippen LogP contribution in [0.1, 0.15) is 48.8 Å². The lowest BCUT2D eigenvalue weighted by Crippen LogP contribution is -2.03. The van der Waals surface area contributed by atoms with E-state index in [1.807, 2.05) is 0 Å². The van der Waals surface area contributed by atoms with Crippen LogP contribution in [0.25, 0.3) is 11.6 Å². The highest BCUT2D eigenvalue weighted by atomic mass is 16.5. The number of carbonyl (C=O) groups is 1. The summed E-state index contributed by atoms with van der Waals surface area (Å²) in [6.45, 7) is 4.49. The number of esters is 1. The molecule has 3 heteroatoms. The highest BCUT2D eigenvalue weighted by Crippen LogP contribution is 2.31. The van der Waals surface area contributed by atoms with Crippen LogP contribution in [0.15, 0.2) is 61.2 Å². The van der Waals surface area contributed by atoms with E-state index in [0.29, 0.717) is 13.2 Å². The summed E-state index contributed by atoms with van der Waals surface area (Å²) in [6.07, 6.45) is 9.64. The third-order valence-corrected chi connectivity index (χ3v) is 4.95. The summed E-state index contributed by atoms with van der Waals surface area (Å²) in [5, 5.41) is 0. The number of fused-ring (bicyclic) bond motifs is 1. The lowest BCUT2D eigenvalue weighted by atomic mass is 10.0. The van der Waals surface area contributed by atoms with Crippen molar-refractivity contribution in [3.05, 3.63) is 77.9 Å². The van der Waals surface area contributed by atoms with Crippen molar-refractivity contribution < 1.29 is 14.3 Å². The molecule has 0 aromatic heterocycles. The van der Waals surface area contributed by atoms with Gasteiger partial charge in [-0.3, -0.25) is 0 Å². The summed E-state index contributed by atoms with van der Waals surface area (Å²) in [5.41, 5.74) is 5.36. The van der Waals surface area contributed by atoms with Crippen molar-refractivity contribution in [3.63, 3.8) is 0 Å². The Morgan fingerprint density at radius 1 is 1.00 bits per heavy atom. The lowest BCUT2D eigenvalue weighted by Gasteiger charge is -2.10. The van der Waals surface area contributed by atoms with Gasteiger partial charge in [-0.15, -0.1) is 0 Å². The van der Waals surface area contributed by atoms with E-state index in [4.69, 9.17) is 9.47 Å². The van der Waals surface area contributed by atoms with Gasteiger partial charge in [-0.2, -0.15) is 0 Å². The van der Waals surface area contributed by atoms with Gasteiger partial charge in [0.25, 0.3) is 0 Å². The second-order valence-corrected chi connectivity index (χ2v) is 7.03. The maximum Gasteiger partial charge on any atom is 0.330 e. The largest absolute Gasteiger partial charge is 0.494 e. The summed E-state index contributed by atoms with van der Waals surface area (Å²) in [7, 11) is 0. The Bertz CT molecular complexity index is 821. The first-order chi connectivity index (χ1) is 13.8. The predicted molar refractivity (Wildman–Crippen MR) is 114 cm³/mol. The number of unbranched alkanes of at least 4 members (excludes halogenated alkanes) is 2. The Kier molecular flexibility index (Phi) is 7.48. The maximum absolute atomic E-state index is 11.0. The molecule has 1 aliphatic rings. The second kappa shape index (κ2) is 10.5. The predicted octanol–water partition coefficient (Wildman–Crippen LogP) is 5.84. The van der Waals surface area contributed by atoms with Crippen molar-refractivity contribution in [3.8, 4) is 5.75 Å². The van der Waals surface area contributed by atoms with Crippen LogP contribution in [0.3, 0.4) is 0 Å². The molecule has 3 rings (SSSR count). The molecule has 3 nitrogen and oxygen atoms in total. The van der Waals surface area contributed by atoms with Gasteiger partial charge in [0, 0.05) is 6.08 Å². The quantitative estimate of drug-likeness (QED) is 0.313. The highest BCUT2D eigenvalue weighted by molar-refractivity contribution is 5.83. The number of benzene rings is 2. The Morgan fingerprint density at radius 2 is 1.82 bits per heavy atom. The van der Waals surface area contributed by atoms with E-state index in [9.17, 15) is 4.79 Å². The van der Waals surface area contributed by atoms with Gasteiger partial charge in [-0.1, -0.05) is 49.1 Å². The topological polar surface area (TPSA) is 35.5 Å². The van der Waals surface area contributed by atoms with Crippen LogP contribution in [0.2, 0.25) is 0 Å². The Morgan fingerprint density at radius 3 is 2.64 bits per heavy atom. The van der Waals surface area contributed by atoms with E-state index in [1.165, 1.54) is 34.8 Å². The Hall–Kier alpha value is -2.81. The average molecular weight is 376 g/mol. The molecule has 0 atom stereocenters. The van der Waals surface area contributed by atoms with Gasteiger partial charge in [0.1, 0.15) is 5.75 Å². The number of hydrogen-bond donors (Lipinski definition) is 0. The zero-order valence-electron chi connectivity index (χ0n) is 16.4. The molecule has 0 fully saturated rings. The van der Waals surface area contributed by atoms with Crippen molar-refractivity contribution in [1.82, 2.24) is 0 Å². The molecule has 0 amide bonds. The molecule has 0 bridgehead atoms. The molecule has 0 heterocycles. The van der Waals surface area contributed by atoms with Crippen molar-refractivity contribution in [2.75, 3.05) is 13.2 Å². The first-order valence-corrected chi connectivity index (χ1v) is 10.1. The first kappa shape index (κ1) is 19.9. The number of allylic oxidation sites excluding steroid dienone is 1. The van der Waals surface area contributed by atoms with Crippen LogP contribution in [0.5, 0.6) is 5.75 Å². The van der Waals surface area contributed by atoms with Crippen LogP contribution >= 0.6 is 0 Å². The molecule has 146 valence electrons. The van der Waals surface area contributed by atoms with Gasteiger partial charge in [-0.25, -0.2) is 4.79 Å². The standard InChI is InChI=1S/C25H28O3/c1-2-25(26)28-17-8-4-7-16-27-24-15-14-21-12-9-13-22(18-23(21)19-24)20-10-5-3-6-11-20/h2-3,5-6,10-11,14-15,18-19H,1,4,7-9,12-13,16-17H2. The summed E-state index contributed by atoms with van der Waals surface area (Å²) in [6, 6.07) is 17.1. The van der Waals surface area contributed by atoms with Gasteiger partial charge in [0.05, 0.1) is 13.2 Å².